The third-order valence-electron chi connectivity index (χ3n) is 0.204. The van der Waals surface area contributed by atoms with Crippen LogP contribution in [0, 0.1) is 0 Å². The summed E-state index contributed by atoms with van der Waals surface area (Å²) in [5.41, 5.74) is 0. The molecule has 0 aliphatic carbocycles. The summed E-state index contributed by atoms with van der Waals surface area (Å²) < 4.78 is 9.03. The van der Waals surface area contributed by atoms with Crippen molar-refractivity contribution in [3.63, 3.8) is 0 Å². The molecule has 0 radical (unpaired) electrons. The van der Waals surface area contributed by atoms with Crippen LogP contribution in [0.1, 0.15) is 0 Å². The van der Waals surface area contributed by atoms with E-state index in [1.165, 1.54) is 0 Å². The molecule has 1 rings (SSSR count). The standard InChI is InChI=1S/C2H4O.H6OSi2/c1-2-3-1;2-1-3/h1-2H2;2-3H3. The lowest BCUT2D eigenvalue weighted by molar-refractivity contribution is 0.475. The van der Waals surface area contributed by atoms with Crippen molar-refractivity contribution in [1.82, 2.24) is 0 Å². The van der Waals surface area contributed by atoms with Crippen LogP contribution in [0.4, 0.5) is 0 Å². The van der Waals surface area contributed by atoms with Crippen LogP contribution in [0.15, 0.2) is 0 Å². The first-order valence-electron chi connectivity index (χ1n) is 1.89. The zero-order valence-electron chi connectivity index (χ0n) is 4.23. The zero-order valence-corrected chi connectivity index (χ0v) is 8.23. The first-order chi connectivity index (χ1) is 2.91. The quantitative estimate of drug-likeness (QED) is 0.263. The molecule has 0 aromatic carbocycles. The Bertz CT molecular complexity index is 20.8. The Morgan fingerprint density at radius 1 is 1.33 bits per heavy atom. The molecular formula is C2H10O2Si2. The number of hydrogen-bond acceptors (Lipinski definition) is 2. The number of epoxide rings is 1. The fourth-order valence-corrected chi connectivity index (χ4v) is 0. The highest BCUT2D eigenvalue weighted by Crippen LogP contribution is 1.84. The molecule has 0 aromatic heterocycles. The van der Waals surface area contributed by atoms with Gasteiger partial charge in [-0.3, -0.25) is 0 Å². The molecular weight excluding hydrogens is 112 g/mol. The van der Waals surface area contributed by atoms with E-state index in [4.69, 9.17) is 0 Å². The normalized spacial score (nSPS) is 16.0. The first kappa shape index (κ1) is 6.35. The van der Waals surface area contributed by atoms with Gasteiger partial charge in [0, 0.05) is 0 Å². The Kier molecular flexibility index (Phi) is 5.67. The van der Waals surface area contributed by atoms with E-state index in [1.807, 2.05) is 0 Å². The second-order valence-corrected chi connectivity index (χ2v) is 4.29. The van der Waals surface area contributed by atoms with Crippen LogP contribution in [-0.4, -0.2) is 34.2 Å². The highest BCUT2D eigenvalue weighted by molar-refractivity contribution is 6.15. The summed E-state index contributed by atoms with van der Waals surface area (Å²) in [6, 6.07) is 0. The van der Waals surface area contributed by atoms with E-state index in [9.17, 15) is 0 Å². The van der Waals surface area contributed by atoms with Gasteiger partial charge >= 0.3 is 0 Å². The molecule has 0 amide bonds. The van der Waals surface area contributed by atoms with E-state index in [-0.39, 0.29) is 0 Å². The van der Waals surface area contributed by atoms with Gasteiger partial charge in [0.25, 0.3) is 0 Å². The second-order valence-electron chi connectivity index (χ2n) is 1.02. The molecule has 38 valence electrons. The Hall–Kier alpha value is 0.354. The summed E-state index contributed by atoms with van der Waals surface area (Å²) in [5.74, 6) is 0. The minimum atomic E-state index is 0.931. The van der Waals surface area contributed by atoms with Gasteiger partial charge in [-0.2, -0.15) is 0 Å². The molecule has 6 heavy (non-hydrogen) atoms. The average Bonchev–Trinajstić information content (AvgIpc) is 2.11. The molecule has 0 unspecified atom stereocenters. The van der Waals surface area contributed by atoms with Gasteiger partial charge in [-0.25, -0.2) is 0 Å². The van der Waals surface area contributed by atoms with E-state index < -0.39 is 0 Å². The molecule has 0 N–H and O–H groups in total. The third-order valence-corrected chi connectivity index (χ3v) is 0.204. The molecule has 0 saturated carbocycles. The molecule has 1 saturated heterocycles. The maximum Gasteiger partial charge on any atom is 0.129 e. The van der Waals surface area contributed by atoms with Gasteiger partial charge in [-0.05, 0) is 0 Å². The van der Waals surface area contributed by atoms with Crippen molar-refractivity contribution < 1.29 is 8.85 Å². The SMILES string of the molecule is C1CO1.[SiH3]O[SiH3]. The fourth-order valence-electron chi connectivity index (χ4n) is 0. The fraction of sp³-hybridized carbons (Fsp3) is 1.00. The second kappa shape index (κ2) is 5.35. The first-order valence-corrected chi connectivity index (χ1v) is 3.53. The smallest absolute Gasteiger partial charge is 0.129 e. The average molecular weight is 122 g/mol. The van der Waals surface area contributed by atoms with Crippen LogP contribution in [0.3, 0.4) is 0 Å². The van der Waals surface area contributed by atoms with Crippen LogP contribution >= 0.6 is 0 Å². The highest BCUT2D eigenvalue weighted by Gasteiger charge is 1.94. The van der Waals surface area contributed by atoms with Crippen molar-refractivity contribution in [2.24, 2.45) is 0 Å². The van der Waals surface area contributed by atoms with Crippen molar-refractivity contribution in [1.29, 1.82) is 0 Å². The van der Waals surface area contributed by atoms with Crippen molar-refractivity contribution >= 4 is 21.0 Å². The number of ether oxygens (including phenoxy) is 1. The van der Waals surface area contributed by atoms with Crippen molar-refractivity contribution in [3.8, 4) is 0 Å². The van der Waals surface area contributed by atoms with Gasteiger partial charge in [0.2, 0.25) is 0 Å². The highest BCUT2D eigenvalue weighted by atomic mass is 28.3. The molecule has 1 heterocycles. The lowest BCUT2D eigenvalue weighted by Crippen LogP contribution is -1.65. The van der Waals surface area contributed by atoms with Crippen LogP contribution in [0.2, 0.25) is 0 Å². The molecule has 1 aliphatic heterocycles. The maximum atomic E-state index is 4.53. The molecule has 0 atom stereocenters. The Balaban J connectivity index is 0.0000000833. The Morgan fingerprint density at radius 2 is 1.50 bits per heavy atom. The van der Waals surface area contributed by atoms with Gasteiger partial charge in [0.05, 0.1) is 13.2 Å². The van der Waals surface area contributed by atoms with E-state index >= 15 is 0 Å². The van der Waals surface area contributed by atoms with Gasteiger partial charge in [-0.15, -0.1) is 0 Å². The van der Waals surface area contributed by atoms with E-state index in [0.717, 1.165) is 34.2 Å². The van der Waals surface area contributed by atoms with Gasteiger partial charge < -0.3 is 8.85 Å². The van der Waals surface area contributed by atoms with Crippen molar-refractivity contribution in [3.05, 3.63) is 0 Å². The summed E-state index contributed by atoms with van der Waals surface area (Å²) in [6.07, 6.45) is 0. The molecule has 0 bridgehead atoms. The van der Waals surface area contributed by atoms with Crippen molar-refractivity contribution in [2.45, 2.75) is 0 Å². The molecule has 1 aliphatic rings. The lowest BCUT2D eigenvalue weighted by Gasteiger charge is -1.62. The summed E-state index contributed by atoms with van der Waals surface area (Å²) in [5, 5.41) is 0. The predicted octanol–water partition coefficient (Wildman–Crippen LogP) is -2.42. The molecule has 0 aromatic rings. The zero-order chi connectivity index (χ0) is 4.83. The Morgan fingerprint density at radius 3 is 1.50 bits per heavy atom. The number of rotatable bonds is 0. The van der Waals surface area contributed by atoms with Crippen molar-refractivity contribution in [2.75, 3.05) is 13.2 Å². The van der Waals surface area contributed by atoms with Crippen LogP contribution < -0.4 is 0 Å². The largest absolute Gasteiger partial charge is 0.471 e. The van der Waals surface area contributed by atoms with Gasteiger partial charge in [0.1, 0.15) is 21.0 Å². The topological polar surface area (TPSA) is 21.8 Å². The molecule has 1 fully saturated rings. The summed E-state index contributed by atoms with van der Waals surface area (Å²) in [7, 11) is 1.86. The summed E-state index contributed by atoms with van der Waals surface area (Å²) >= 11 is 0. The molecule has 2 nitrogen and oxygen atoms in total. The lowest BCUT2D eigenvalue weighted by atomic mass is 11.0. The van der Waals surface area contributed by atoms with Gasteiger partial charge in [0.15, 0.2) is 0 Å². The summed E-state index contributed by atoms with van der Waals surface area (Å²) in [4.78, 5) is 0. The van der Waals surface area contributed by atoms with Crippen LogP contribution in [0.25, 0.3) is 0 Å². The van der Waals surface area contributed by atoms with E-state index in [0.29, 0.717) is 0 Å². The molecule has 4 heteroatoms. The maximum absolute atomic E-state index is 4.53. The van der Waals surface area contributed by atoms with Crippen LogP contribution in [0.5, 0.6) is 0 Å². The minimum absolute atomic E-state index is 0.931. The monoisotopic (exact) mass is 122 g/mol. The summed E-state index contributed by atoms with van der Waals surface area (Å²) in [6.45, 7) is 2.00. The predicted molar refractivity (Wildman–Crippen MR) is 31.8 cm³/mol. The number of hydrogen-bond donors (Lipinski definition) is 0. The third kappa shape index (κ3) is 26.7. The van der Waals surface area contributed by atoms with Gasteiger partial charge in [-0.1, -0.05) is 0 Å². The minimum Gasteiger partial charge on any atom is -0.471 e. The Labute approximate surface area is 43.9 Å². The van der Waals surface area contributed by atoms with E-state index in [2.05, 4.69) is 8.85 Å². The molecule has 0 spiro atoms. The van der Waals surface area contributed by atoms with Crippen LogP contribution in [-0.2, 0) is 8.85 Å². The van der Waals surface area contributed by atoms with E-state index in [1.54, 1.807) is 0 Å².